The van der Waals surface area contributed by atoms with Gasteiger partial charge in [0.15, 0.2) is 5.65 Å². The van der Waals surface area contributed by atoms with Crippen molar-refractivity contribution in [3.05, 3.63) is 22.7 Å². The lowest BCUT2D eigenvalue weighted by Gasteiger charge is -2.08. The number of nitrogens with zero attached hydrogens (tertiary/aromatic N) is 4. The van der Waals surface area contributed by atoms with Crippen LogP contribution in [0.25, 0.3) is 10.5 Å². The molecule has 0 aliphatic carbocycles. The van der Waals surface area contributed by atoms with E-state index in [0.29, 0.717) is 0 Å². The van der Waals surface area contributed by atoms with Gasteiger partial charge in [-0.3, -0.25) is 0 Å². The van der Waals surface area contributed by atoms with Gasteiger partial charge in [-0.1, -0.05) is 0 Å². The first kappa shape index (κ1) is 13.5. The Morgan fingerprint density at radius 3 is 2.53 bits per heavy atom. The number of hydrogen-bond acceptors (Lipinski definition) is 4. The predicted octanol–water partition coefficient (Wildman–Crippen LogP) is 2.91. The molecular weight excluding hydrogens is 279 g/mol. The number of anilines is 1. The van der Waals surface area contributed by atoms with E-state index in [2.05, 4.69) is 14.9 Å². The number of nitrogens with two attached hydrogens (primary N) is 1. The molecule has 0 aliphatic rings. The smallest absolute Gasteiger partial charge is 0.392 e. The van der Waals surface area contributed by atoms with Crippen molar-refractivity contribution in [3.8, 4) is 0 Å². The van der Waals surface area contributed by atoms with Gasteiger partial charge in [0, 0.05) is 0 Å². The Morgan fingerprint density at radius 1 is 1.42 bits per heavy atom. The highest BCUT2D eigenvalue weighted by molar-refractivity contribution is 7.98. The number of halogens is 3. The molecule has 0 aliphatic heterocycles. The Hall–Kier alpha value is -1.95. The van der Waals surface area contributed by atoms with Crippen LogP contribution in [0.1, 0.15) is 11.3 Å². The maximum atomic E-state index is 13.0. The number of rotatable bonds is 1. The fourth-order valence-corrected chi connectivity index (χ4v) is 2.25. The minimum absolute atomic E-state index is 0.0104. The molecule has 0 atom stereocenters. The van der Waals surface area contributed by atoms with E-state index in [-0.39, 0.29) is 27.9 Å². The van der Waals surface area contributed by atoms with Crippen LogP contribution < -0.4 is 5.73 Å². The molecule has 0 amide bonds. The summed E-state index contributed by atoms with van der Waals surface area (Å²) in [5, 5.41) is 3.88. The van der Waals surface area contributed by atoms with Gasteiger partial charge in [-0.2, -0.15) is 18.3 Å². The Bertz CT molecular complexity index is 698. The summed E-state index contributed by atoms with van der Waals surface area (Å²) in [6.07, 6.45) is -2.95. The average Bonchev–Trinajstić information content (AvgIpc) is 2.65. The highest BCUT2D eigenvalue weighted by atomic mass is 32.2. The maximum absolute atomic E-state index is 13.0. The standard InChI is InChI=1S/C10H8F3N5S/c1-4-5(10(11,12)13)8-16-9(19-3)6(15-2)7(14)18(8)17-4/h14H2,1,3H3. The van der Waals surface area contributed by atoms with Crippen molar-refractivity contribution < 1.29 is 13.2 Å². The van der Waals surface area contributed by atoms with Gasteiger partial charge < -0.3 is 5.73 Å². The second kappa shape index (κ2) is 4.31. The second-order valence-electron chi connectivity index (χ2n) is 3.66. The molecular formula is C10H8F3N5S. The van der Waals surface area contributed by atoms with Crippen LogP contribution in [0.15, 0.2) is 5.03 Å². The number of nitrogen functional groups attached to an aromatic ring is 1. The van der Waals surface area contributed by atoms with E-state index in [1.807, 2.05) is 0 Å². The third-order valence-electron chi connectivity index (χ3n) is 2.51. The number of aromatic nitrogens is 3. The minimum Gasteiger partial charge on any atom is -0.392 e. The topological polar surface area (TPSA) is 60.6 Å². The van der Waals surface area contributed by atoms with Gasteiger partial charge in [-0.15, -0.1) is 11.8 Å². The third kappa shape index (κ3) is 1.98. The molecule has 0 bridgehead atoms. The first-order valence-electron chi connectivity index (χ1n) is 4.98. The zero-order chi connectivity index (χ0) is 14.4. The van der Waals surface area contributed by atoms with Gasteiger partial charge >= 0.3 is 6.18 Å². The van der Waals surface area contributed by atoms with E-state index in [1.165, 1.54) is 6.92 Å². The molecule has 0 saturated carbocycles. The minimum atomic E-state index is -4.57. The molecule has 9 heteroatoms. The van der Waals surface area contributed by atoms with Crippen LogP contribution in [0.3, 0.4) is 0 Å². The van der Waals surface area contributed by atoms with Gasteiger partial charge in [0.25, 0.3) is 5.69 Å². The summed E-state index contributed by atoms with van der Waals surface area (Å²) in [5.41, 5.74) is 4.19. The fourth-order valence-electron chi connectivity index (χ4n) is 1.72. The molecule has 2 heterocycles. The lowest BCUT2D eigenvalue weighted by Crippen LogP contribution is -2.08. The molecule has 0 fully saturated rings. The number of aryl methyl sites for hydroxylation is 1. The van der Waals surface area contributed by atoms with Crippen molar-refractivity contribution >= 4 is 28.9 Å². The zero-order valence-corrected chi connectivity index (χ0v) is 10.7. The lowest BCUT2D eigenvalue weighted by molar-refractivity contribution is -0.136. The molecule has 2 N–H and O–H groups in total. The zero-order valence-electron chi connectivity index (χ0n) is 9.91. The number of fused-ring (bicyclic) bond motifs is 1. The van der Waals surface area contributed by atoms with Crippen LogP contribution in [-0.2, 0) is 6.18 Å². The van der Waals surface area contributed by atoms with Crippen molar-refractivity contribution in [1.29, 1.82) is 0 Å². The Kier molecular flexibility index (Phi) is 3.06. The van der Waals surface area contributed by atoms with E-state index >= 15 is 0 Å². The summed E-state index contributed by atoms with van der Waals surface area (Å²) in [7, 11) is 0. The average molecular weight is 287 g/mol. The van der Waals surface area contributed by atoms with Crippen molar-refractivity contribution in [2.24, 2.45) is 0 Å². The predicted molar refractivity (Wildman–Crippen MR) is 65.2 cm³/mol. The number of hydrogen-bond donors (Lipinski definition) is 1. The summed E-state index contributed by atoms with van der Waals surface area (Å²) in [6.45, 7) is 8.24. The first-order chi connectivity index (χ1) is 8.81. The lowest BCUT2D eigenvalue weighted by atomic mass is 10.2. The molecule has 2 rings (SSSR count). The van der Waals surface area contributed by atoms with Crippen molar-refractivity contribution in [1.82, 2.24) is 14.6 Å². The first-order valence-corrected chi connectivity index (χ1v) is 6.21. The van der Waals surface area contributed by atoms with Crippen molar-refractivity contribution in [3.63, 3.8) is 0 Å². The summed E-state index contributed by atoms with van der Waals surface area (Å²) in [6, 6.07) is 0. The molecule has 19 heavy (non-hydrogen) atoms. The van der Waals surface area contributed by atoms with Crippen LogP contribution in [-0.4, -0.2) is 20.9 Å². The van der Waals surface area contributed by atoms with Gasteiger partial charge in [-0.05, 0) is 13.2 Å². The molecule has 0 aromatic carbocycles. The normalized spacial score (nSPS) is 11.8. The van der Waals surface area contributed by atoms with E-state index in [1.54, 1.807) is 6.26 Å². The molecule has 2 aromatic heterocycles. The van der Waals surface area contributed by atoms with Gasteiger partial charge in [0.1, 0.15) is 16.4 Å². The van der Waals surface area contributed by atoms with Crippen LogP contribution >= 0.6 is 11.8 Å². The SMILES string of the molecule is [C-]#[N+]c1c(SC)nc2c(C(F)(F)F)c(C)nn2c1N. The van der Waals surface area contributed by atoms with Crippen LogP contribution in [0, 0.1) is 13.5 Å². The monoisotopic (exact) mass is 287 g/mol. The highest BCUT2D eigenvalue weighted by Crippen LogP contribution is 2.39. The highest BCUT2D eigenvalue weighted by Gasteiger charge is 2.38. The Morgan fingerprint density at radius 2 is 2.05 bits per heavy atom. The van der Waals surface area contributed by atoms with Crippen LogP contribution in [0.5, 0.6) is 0 Å². The van der Waals surface area contributed by atoms with E-state index in [9.17, 15) is 13.2 Å². The van der Waals surface area contributed by atoms with E-state index < -0.39 is 11.7 Å². The number of alkyl halides is 3. The number of thioether (sulfide) groups is 1. The van der Waals surface area contributed by atoms with Crippen LogP contribution in [0.2, 0.25) is 0 Å². The van der Waals surface area contributed by atoms with Gasteiger partial charge in [-0.25, -0.2) is 14.3 Å². The molecule has 0 spiro atoms. The second-order valence-corrected chi connectivity index (χ2v) is 4.46. The van der Waals surface area contributed by atoms with Gasteiger partial charge in [0.2, 0.25) is 0 Å². The quantitative estimate of drug-likeness (QED) is 0.497. The molecule has 0 radical (unpaired) electrons. The maximum Gasteiger partial charge on any atom is 0.421 e. The fraction of sp³-hybridized carbons (Fsp3) is 0.300. The summed E-state index contributed by atoms with van der Waals surface area (Å²) in [5.74, 6) is -0.136. The van der Waals surface area contributed by atoms with Gasteiger partial charge in [0.05, 0.1) is 12.3 Å². The Balaban J connectivity index is 2.95. The molecule has 100 valence electrons. The summed E-state index contributed by atoms with van der Waals surface area (Å²) >= 11 is 1.06. The molecule has 5 nitrogen and oxygen atoms in total. The third-order valence-corrected chi connectivity index (χ3v) is 3.18. The summed E-state index contributed by atoms with van der Waals surface area (Å²) < 4.78 is 39.7. The van der Waals surface area contributed by atoms with E-state index in [0.717, 1.165) is 16.3 Å². The molecule has 0 saturated heterocycles. The van der Waals surface area contributed by atoms with E-state index in [4.69, 9.17) is 12.3 Å². The summed E-state index contributed by atoms with van der Waals surface area (Å²) in [4.78, 5) is 7.05. The van der Waals surface area contributed by atoms with Crippen molar-refractivity contribution in [2.75, 3.05) is 12.0 Å². The largest absolute Gasteiger partial charge is 0.421 e. The molecule has 0 unspecified atom stereocenters. The Labute approximate surface area is 110 Å². The molecule has 2 aromatic rings. The van der Waals surface area contributed by atoms with Crippen LogP contribution in [0.4, 0.5) is 24.7 Å². The van der Waals surface area contributed by atoms with Crippen molar-refractivity contribution in [2.45, 2.75) is 18.1 Å².